The van der Waals surface area contributed by atoms with E-state index in [1.807, 2.05) is 6.92 Å². The fraction of sp³-hybridized carbons (Fsp3) is 0.250. The summed E-state index contributed by atoms with van der Waals surface area (Å²) >= 11 is 0. The Labute approximate surface area is 116 Å². The number of rotatable bonds is 4. The van der Waals surface area contributed by atoms with Gasteiger partial charge < -0.3 is 5.32 Å². The first-order valence-electron chi connectivity index (χ1n) is 6.38. The highest BCUT2D eigenvalue weighted by molar-refractivity contribution is 5.30. The highest BCUT2D eigenvalue weighted by atomic mass is 19.1. The average Bonchev–Trinajstić information content (AvgIpc) is 2.40. The Morgan fingerprint density at radius 3 is 2.30 bits per heavy atom. The molecule has 0 aliphatic carbocycles. The third kappa shape index (κ3) is 3.20. The molecule has 2 rings (SSSR count). The van der Waals surface area contributed by atoms with Crippen LogP contribution in [-0.4, -0.2) is 7.05 Å². The molecular formula is C16H16F3N. The second kappa shape index (κ2) is 6.09. The van der Waals surface area contributed by atoms with Gasteiger partial charge in [-0.15, -0.1) is 0 Å². The van der Waals surface area contributed by atoms with E-state index in [1.54, 1.807) is 13.1 Å². The largest absolute Gasteiger partial charge is 0.313 e. The van der Waals surface area contributed by atoms with Crippen LogP contribution in [0.1, 0.15) is 22.7 Å². The molecule has 0 aliphatic rings. The van der Waals surface area contributed by atoms with Crippen molar-refractivity contribution in [2.24, 2.45) is 0 Å². The summed E-state index contributed by atoms with van der Waals surface area (Å²) in [5, 5.41) is 2.99. The smallest absolute Gasteiger partial charge is 0.130 e. The molecule has 2 aromatic rings. The van der Waals surface area contributed by atoms with E-state index in [4.69, 9.17) is 0 Å². The van der Waals surface area contributed by atoms with Gasteiger partial charge in [0.2, 0.25) is 0 Å². The summed E-state index contributed by atoms with van der Waals surface area (Å²) in [6.07, 6.45) is 0.433. The van der Waals surface area contributed by atoms with E-state index in [0.717, 1.165) is 17.2 Å². The second-order valence-corrected chi connectivity index (χ2v) is 4.78. The summed E-state index contributed by atoms with van der Waals surface area (Å²) in [7, 11) is 1.70. The quantitative estimate of drug-likeness (QED) is 0.894. The van der Waals surface area contributed by atoms with Gasteiger partial charge in [0.15, 0.2) is 0 Å². The van der Waals surface area contributed by atoms with Crippen molar-refractivity contribution < 1.29 is 13.2 Å². The average molecular weight is 279 g/mol. The summed E-state index contributed by atoms with van der Waals surface area (Å²) in [5.74, 6) is -1.53. The molecule has 1 N–H and O–H groups in total. The molecule has 4 heteroatoms. The number of halogens is 3. The van der Waals surface area contributed by atoms with Gasteiger partial charge in [-0.2, -0.15) is 0 Å². The zero-order valence-electron chi connectivity index (χ0n) is 11.4. The molecule has 0 bridgehead atoms. The lowest BCUT2D eigenvalue weighted by Crippen LogP contribution is -2.20. The molecule has 0 amide bonds. The van der Waals surface area contributed by atoms with Gasteiger partial charge in [-0.05, 0) is 49.7 Å². The number of hydrogen-bond donors (Lipinski definition) is 1. The number of benzene rings is 2. The Balaban J connectivity index is 2.31. The minimum atomic E-state index is -0.608. The van der Waals surface area contributed by atoms with Gasteiger partial charge in [0.05, 0.1) is 0 Å². The number of likely N-dealkylation sites (N-methyl/N-ethyl adjacent to an activating group) is 1. The fourth-order valence-corrected chi connectivity index (χ4v) is 2.23. The molecule has 2 aromatic carbocycles. The highest BCUT2D eigenvalue weighted by Crippen LogP contribution is 2.23. The number of hydrogen-bond acceptors (Lipinski definition) is 1. The van der Waals surface area contributed by atoms with Gasteiger partial charge in [0.25, 0.3) is 0 Å². The lowest BCUT2D eigenvalue weighted by Gasteiger charge is -2.18. The van der Waals surface area contributed by atoms with Gasteiger partial charge in [-0.1, -0.05) is 12.1 Å². The van der Waals surface area contributed by atoms with Crippen molar-refractivity contribution in [1.82, 2.24) is 5.32 Å². The van der Waals surface area contributed by atoms with Crippen molar-refractivity contribution in [3.05, 3.63) is 70.5 Å². The first kappa shape index (κ1) is 14.6. The molecule has 0 saturated heterocycles. The van der Waals surface area contributed by atoms with Crippen LogP contribution in [0, 0.1) is 24.4 Å². The van der Waals surface area contributed by atoms with E-state index in [0.29, 0.717) is 12.0 Å². The van der Waals surface area contributed by atoms with E-state index < -0.39 is 11.6 Å². The maximum atomic E-state index is 13.8. The van der Waals surface area contributed by atoms with E-state index in [9.17, 15) is 13.2 Å². The summed E-state index contributed by atoms with van der Waals surface area (Å²) in [6.45, 7) is 1.88. The van der Waals surface area contributed by atoms with Crippen LogP contribution in [-0.2, 0) is 6.42 Å². The first-order chi connectivity index (χ1) is 9.51. The van der Waals surface area contributed by atoms with Crippen molar-refractivity contribution in [3.63, 3.8) is 0 Å². The predicted molar refractivity (Wildman–Crippen MR) is 73.0 cm³/mol. The summed E-state index contributed by atoms with van der Waals surface area (Å²) in [5.41, 5.74) is 2.11. The van der Waals surface area contributed by atoms with Crippen LogP contribution in [0.3, 0.4) is 0 Å². The maximum Gasteiger partial charge on any atom is 0.130 e. The summed E-state index contributed by atoms with van der Waals surface area (Å²) < 4.78 is 40.1. The lowest BCUT2D eigenvalue weighted by atomic mass is 9.95. The molecule has 0 radical (unpaired) electrons. The van der Waals surface area contributed by atoms with Gasteiger partial charge in [-0.3, -0.25) is 0 Å². The SMILES string of the molecule is CNC(Cc1cc(F)ccc1C)c1ccc(F)cc1F. The normalized spacial score (nSPS) is 12.4. The predicted octanol–water partition coefficient (Wildman–Crippen LogP) is 3.92. The van der Waals surface area contributed by atoms with Crippen LogP contribution < -0.4 is 5.32 Å². The Bertz CT molecular complexity index is 611. The molecule has 0 aromatic heterocycles. The monoisotopic (exact) mass is 279 g/mol. The molecule has 1 nitrogen and oxygen atoms in total. The van der Waals surface area contributed by atoms with Crippen molar-refractivity contribution in [2.75, 3.05) is 7.05 Å². The molecule has 0 aliphatic heterocycles. The highest BCUT2D eigenvalue weighted by Gasteiger charge is 2.16. The second-order valence-electron chi connectivity index (χ2n) is 4.78. The third-order valence-electron chi connectivity index (χ3n) is 3.42. The third-order valence-corrected chi connectivity index (χ3v) is 3.42. The lowest BCUT2D eigenvalue weighted by molar-refractivity contribution is 0.520. The summed E-state index contributed by atoms with van der Waals surface area (Å²) in [6, 6.07) is 7.70. The Kier molecular flexibility index (Phi) is 4.45. The van der Waals surface area contributed by atoms with Gasteiger partial charge in [0.1, 0.15) is 17.5 Å². The van der Waals surface area contributed by atoms with E-state index in [1.165, 1.54) is 24.3 Å². The van der Waals surface area contributed by atoms with E-state index in [-0.39, 0.29) is 11.9 Å². The van der Waals surface area contributed by atoms with Crippen LogP contribution in [0.25, 0.3) is 0 Å². The van der Waals surface area contributed by atoms with Gasteiger partial charge in [0, 0.05) is 17.7 Å². The van der Waals surface area contributed by atoms with E-state index in [2.05, 4.69) is 5.32 Å². The Morgan fingerprint density at radius 2 is 1.65 bits per heavy atom. The molecule has 0 spiro atoms. The zero-order valence-corrected chi connectivity index (χ0v) is 11.4. The fourth-order valence-electron chi connectivity index (χ4n) is 2.23. The van der Waals surface area contributed by atoms with Crippen molar-refractivity contribution >= 4 is 0 Å². The van der Waals surface area contributed by atoms with Crippen molar-refractivity contribution in [1.29, 1.82) is 0 Å². The standard InChI is InChI=1S/C16H16F3N/c1-10-3-4-12(17)7-11(10)8-16(20-2)14-6-5-13(18)9-15(14)19/h3-7,9,16,20H,8H2,1-2H3. The minimum Gasteiger partial charge on any atom is -0.313 e. The molecular weight excluding hydrogens is 263 g/mol. The van der Waals surface area contributed by atoms with Crippen LogP contribution in [0.15, 0.2) is 36.4 Å². The number of nitrogens with one attached hydrogen (secondary N) is 1. The van der Waals surface area contributed by atoms with Crippen LogP contribution >= 0.6 is 0 Å². The van der Waals surface area contributed by atoms with Crippen LogP contribution in [0.5, 0.6) is 0 Å². The summed E-state index contributed by atoms with van der Waals surface area (Å²) in [4.78, 5) is 0. The van der Waals surface area contributed by atoms with Gasteiger partial charge >= 0.3 is 0 Å². The van der Waals surface area contributed by atoms with Crippen LogP contribution in [0.2, 0.25) is 0 Å². The minimum absolute atomic E-state index is 0.319. The van der Waals surface area contributed by atoms with Crippen LogP contribution in [0.4, 0.5) is 13.2 Å². The Hall–Kier alpha value is -1.81. The van der Waals surface area contributed by atoms with Gasteiger partial charge in [-0.25, -0.2) is 13.2 Å². The number of aryl methyl sites for hydroxylation is 1. The molecule has 106 valence electrons. The van der Waals surface area contributed by atoms with Crippen molar-refractivity contribution in [3.8, 4) is 0 Å². The zero-order chi connectivity index (χ0) is 14.7. The van der Waals surface area contributed by atoms with E-state index >= 15 is 0 Å². The van der Waals surface area contributed by atoms with Crippen molar-refractivity contribution in [2.45, 2.75) is 19.4 Å². The molecule has 20 heavy (non-hydrogen) atoms. The first-order valence-corrected chi connectivity index (χ1v) is 6.38. The topological polar surface area (TPSA) is 12.0 Å². The molecule has 1 unspecified atom stereocenters. The molecule has 0 saturated carbocycles. The molecule has 1 atom stereocenters. The Morgan fingerprint density at radius 1 is 1.00 bits per heavy atom. The maximum absolute atomic E-state index is 13.8. The molecule has 0 heterocycles. The molecule has 0 fully saturated rings.